The maximum atomic E-state index is 12.9. The molecule has 34 heavy (non-hydrogen) atoms. The average molecular weight is 484 g/mol. The molecule has 7 nitrogen and oxygen atoms in total. The first-order valence-electron chi connectivity index (χ1n) is 11.5. The molecule has 180 valence electrons. The second-order valence-electron chi connectivity index (χ2n) is 8.27. The minimum atomic E-state index is 0.0562. The number of halogens is 1. The van der Waals surface area contributed by atoms with Gasteiger partial charge in [0.25, 0.3) is 0 Å². The lowest BCUT2D eigenvalue weighted by Gasteiger charge is -2.25. The van der Waals surface area contributed by atoms with Gasteiger partial charge in [0, 0.05) is 24.6 Å². The highest BCUT2D eigenvalue weighted by molar-refractivity contribution is 6.30. The van der Waals surface area contributed by atoms with Crippen LogP contribution in [0.5, 0.6) is 17.4 Å². The Morgan fingerprint density at radius 3 is 2.59 bits per heavy atom. The fourth-order valence-electron chi connectivity index (χ4n) is 4.09. The molecule has 3 aromatic rings. The smallest absolute Gasteiger partial charge is 0.228 e. The number of aryl methyl sites for hydroxylation is 1. The highest BCUT2D eigenvalue weighted by Crippen LogP contribution is 2.36. The quantitative estimate of drug-likeness (QED) is 0.399. The lowest BCUT2D eigenvalue weighted by atomic mass is 10.1. The molecule has 2 aromatic carbocycles. The van der Waals surface area contributed by atoms with Crippen LogP contribution >= 0.6 is 11.6 Å². The average Bonchev–Trinajstić information content (AvgIpc) is 3.47. The van der Waals surface area contributed by atoms with E-state index in [4.69, 9.17) is 30.9 Å². The molecule has 1 atom stereocenters. The van der Waals surface area contributed by atoms with E-state index in [1.807, 2.05) is 67.3 Å². The number of para-hydroxylation sites is 2. The van der Waals surface area contributed by atoms with E-state index >= 15 is 0 Å². The number of methoxy groups -OCH3 is 1. The molecule has 1 saturated heterocycles. The number of rotatable bonds is 9. The van der Waals surface area contributed by atoms with E-state index in [9.17, 15) is 4.79 Å². The standard InChI is InChI=1S/C26H30ClN3O4/c1-4-25(31)29(16-21-8-7-15-33-21)17-22-18(2)28-30(20-13-11-19(27)12-14-20)26(22)34-24-10-6-5-9-23(24)32-3/h5-6,9-14,21H,4,7-8,15-17H2,1-3H3/t21-/m0/s1. The van der Waals surface area contributed by atoms with E-state index in [1.54, 1.807) is 11.8 Å². The highest BCUT2D eigenvalue weighted by Gasteiger charge is 2.27. The van der Waals surface area contributed by atoms with Gasteiger partial charge in [-0.2, -0.15) is 5.10 Å². The first-order valence-corrected chi connectivity index (χ1v) is 11.9. The van der Waals surface area contributed by atoms with E-state index in [1.165, 1.54) is 0 Å². The molecule has 0 bridgehead atoms. The molecule has 2 heterocycles. The predicted octanol–water partition coefficient (Wildman–Crippen LogP) is 5.55. The van der Waals surface area contributed by atoms with Crippen LogP contribution in [0.25, 0.3) is 5.69 Å². The summed E-state index contributed by atoms with van der Waals surface area (Å²) < 4.78 is 19.5. The minimum absolute atomic E-state index is 0.0562. The highest BCUT2D eigenvalue weighted by atomic mass is 35.5. The molecule has 1 aromatic heterocycles. The van der Waals surface area contributed by atoms with Crippen LogP contribution in [0.4, 0.5) is 0 Å². The normalized spacial score (nSPS) is 15.4. The summed E-state index contributed by atoms with van der Waals surface area (Å²) in [6, 6.07) is 14.8. The maximum absolute atomic E-state index is 12.9. The molecule has 4 rings (SSSR count). The van der Waals surface area contributed by atoms with Gasteiger partial charge in [-0.05, 0) is 56.2 Å². The van der Waals surface area contributed by atoms with Crippen LogP contribution in [0.15, 0.2) is 48.5 Å². The minimum Gasteiger partial charge on any atom is -0.493 e. The van der Waals surface area contributed by atoms with Crippen molar-refractivity contribution in [2.75, 3.05) is 20.3 Å². The number of hydrogen-bond donors (Lipinski definition) is 0. The van der Waals surface area contributed by atoms with Crippen LogP contribution < -0.4 is 9.47 Å². The number of nitrogens with zero attached hydrogens (tertiary/aromatic N) is 3. The van der Waals surface area contributed by atoms with Gasteiger partial charge in [-0.25, -0.2) is 4.68 Å². The Bertz CT molecular complexity index is 1120. The monoisotopic (exact) mass is 483 g/mol. The molecule has 8 heteroatoms. The first-order chi connectivity index (χ1) is 16.5. The number of carbonyl (C=O) groups is 1. The van der Waals surface area contributed by atoms with Gasteiger partial charge < -0.3 is 19.1 Å². The summed E-state index contributed by atoms with van der Waals surface area (Å²) in [4.78, 5) is 14.7. The molecule has 0 aliphatic carbocycles. The molecule has 1 aliphatic heterocycles. The number of hydrogen-bond acceptors (Lipinski definition) is 5. The second kappa shape index (κ2) is 10.9. The Morgan fingerprint density at radius 2 is 1.94 bits per heavy atom. The Morgan fingerprint density at radius 1 is 1.21 bits per heavy atom. The van der Waals surface area contributed by atoms with Crippen molar-refractivity contribution in [2.45, 2.75) is 45.8 Å². The summed E-state index contributed by atoms with van der Waals surface area (Å²) in [6.07, 6.45) is 2.45. The van der Waals surface area contributed by atoms with Crippen LogP contribution in [0.1, 0.15) is 37.4 Å². The van der Waals surface area contributed by atoms with Crippen molar-refractivity contribution in [1.82, 2.24) is 14.7 Å². The van der Waals surface area contributed by atoms with Crippen LogP contribution in [-0.2, 0) is 16.1 Å². The molecule has 0 saturated carbocycles. The summed E-state index contributed by atoms with van der Waals surface area (Å²) in [5.74, 6) is 1.77. The second-order valence-corrected chi connectivity index (χ2v) is 8.71. The molecule has 1 fully saturated rings. The fourth-order valence-corrected chi connectivity index (χ4v) is 4.22. The van der Waals surface area contributed by atoms with E-state index in [0.717, 1.165) is 36.4 Å². The molecule has 0 unspecified atom stereocenters. The number of benzene rings is 2. The zero-order valence-corrected chi connectivity index (χ0v) is 20.5. The Labute approximate surface area is 205 Å². The fraction of sp³-hybridized carbons (Fsp3) is 0.385. The third-order valence-corrected chi connectivity index (χ3v) is 6.19. The van der Waals surface area contributed by atoms with Crippen LogP contribution in [0.2, 0.25) is 5.02 Å². The van der Waals surface area contributed by atoms with Crippen molar-refractivity contribution in [3.05, 3.63) is 64.8 Å². The van der Waals surface area contributed by atoms with Gasteiger partial charge in [-0.15, -0.1) is 0 Å². The van der Waals surface area contributed by atoms with Crippen molar-refractivity contribution < 1.29 is 19.0 Å². The summed E-state index contributed by atoms with van der Waals surface area (Å²) >= 11 is 6.11. The molecule has 0 spiro atoms. The number of aromatic nitrogens is 2. The van der Waals surface area contributed by atoms with Gasteiger partial charge >= 0.3 is 0 Å². The molecule has 0 N–H and O–H groups in total. The van der Waals surface area contributed by atoms with Crippen molar-refractivity contribution in [3.63, 3.8) is 0 Å². The first kappa shape index (κ1) is 24.1. The van der Waals surface area contributed by atoms with Gasteiger partial charge in [-0.1, -0.05) is 30.7 Å². The van der Waals surface area contributed by atoms with E-state index in [2.05, 4.69) is 0 Å². The number of amides is 1. The van der Waals surface area contributed by atoms with E-state index < -0.39 is 0 Å². The number of carbonyl (C=O) groups excluding carboxylic acids is 1. The van der Waals surface area contributed by atoms with Crippen LogP contribution in [0, 0.1) is 6.92 Å². The molecular formula is C26H30ClN3O4. The summed E-state index contributed by atoms with van der Waals surface area (Å²) in [7, 11) is 1.61. The van der Waals surface area contributed by atoms with Crippen molar-refractivity contribution >= 4 is 17.5 Å². The summed E-state index contributed by atoms with van der Waals surface area (Å²) in [5, 5.41) is 5.41. The zero-order chi connectivity index (χ0) is 24.1. The lowest BCUT2D eigenvalue weighted by molar-refractivity contribution is -0.133. The Hall–Kier alpha value is -3.03. The topological polar surface area (TPSA) is 65.8 Å². The van der Waals surface area contributed by atoms with Crippen molar-refractivity contribution in [3.8, 4) is 23.1 Å². The molecule has 1 aliphatic rings. The molecule has 1 amide bonds. The zero-order valence-electron chi connectivity index (χ0n) is 19.8. The maximum Gasteiger partial charge on any atom is 0.228 e. The van der Waals surface area contributed by atoms with Gasteiger partial charge in [0.15, 0.2) is 11.5 Å². The van der Waals surface area contributed by atoms with Crippen LogP contribution in [-0.4, -0.2) is 47.0 Å². The SMILES string of the molecule is CCC(=O)N(Cc1c(C)nn(-c2ccc(Cl)cc2)c1Oc1ccccc1OC)C[C@@H]1CCCO1. The molecular weight excluding hydrogens is 454 g/mol. The Balaban J connectivity index is 1.75. The summed E-state index contributed by atoms with van der Waals surface area (Å²) in [5.41, 5.74) is 2.41. The third-order valence-electron chi connectivity index (χ3n) is 5.94. The van der Waals surface area contributed by atoms with Gasteiger partial charge in [0.05, 0.1) is 36.7 Å². The summed E-state index contributed by atoms with van der Waals surface area (Å²) in [6.45, 7) is 5.47. The van der Waals surface area contributed by atoms with Gasteiger partial charge in [0.2, 0.25) is 11.8 Å². The predicted molar refractivity (Wildman–Crippen MR) is 131 cm³/mol. The van der Waals surface area contributed by atoms with Gasteiger partial charge in [-0.3, -0.25) is 4.79 Å². The van der Waals surface area contributed by atoms with E-state index in [0.29, 0.717) is 41.9 Å². The lowest BCUT2D eigenvalue weighted by Crippen LogP contribution is -2.36. The van der Waals surface area contributed by atoms with Crippen molar-refractivity contribution in [2.24, 2.45) is 0 Å². The van der Waals surface area contributed by atoms with Crippen LogP contribution in [0.3, 0.4) is 0 Å². The van der Waals surface area contributed by atoms with Gasteiger partial charge in [0.1, 0.15) is 0 Å². The third kappa shape index (κ3) is 5.37. The largest absolute Gasteiger partial charge is 0.493 e. The van der Waals surface area contributed by atoms with Crippen molar-refractivity contribution in [1.29, 1.82) is 0 Å². The number of ether oxygens (including phenoxy) is 3. The van der Waals surface area contributed by atoms with E-state index in [-0.39, 0.29) is 12.0 Å². The Kier molecular flexibility index (Phi) is 7.75. The molecule has 0 radical (unpaired) electrons.